The number of rotatable bonds is 3. The van der Waals surface area contributed by atoms with Crippen molar-refractivity contribution in [2.24, 2.45) is 0 Å². The SMILES string of the molecule is Cc1cc(Br)cc2c1OCCN(c1nc(C(C)O)nc(C)c1C(C)C)C2. The third-order valence-corrected chi connectivity index (χ3v) is 5.13. The van der Waals surface area contributed by atoms with E-state index < -0.39 is 6.10 Å². The molecule has 1 atom stereocenters. The Kier molecular flexibility index (Phi) is 5.53. The molecule has 0 aliphatic carbocycles. The van der Waals surface area contributed by atoms with E-state index in [1.807, 2.05) is 6.92 Å². The normalized spacial score (nSPS) is 15.5. The van der Waals surface area contributed by atoms with E-state index in [-0.39, 0.29) is 0 Å². The number of aliphatic hydroxyl groups is 1. The van der Waals surface area contributed by atoms with Gasteiger partial charge in [-0.05, 0) is 44.4 Å². The van der Waals surface area contributed by atoms with Crippen LogP contribution in [0.2, 0.25) is 0 Å². The third-order valence-electron chi connectivity index (χ3n) is 4.67. The molecule has 1 N–H and O–H groups in total. The van der Waals surface area contributed by atoms with Crippen LogP contribution < -0.4 is 9.64 Å². The molecule has 2 heterocycles. The first-order chi connectivity index (χ1) is 12.3. The van der Waals surface area contributed by atoms with Gasteiger partial charge in [-0.1, -0.05) is 29.8 Å². The Bertz CT molecular complexity index is 821. The zero-order valence-corrected chi connectivity index (χ0v) is 17.6. The molecule has 0 fully saturated rings. The average molecular weight is 420 g/mol. The van der Waals surface area contributed by atoms with Crippen molar-refractivity contribution in [2.45, 2.75) is 53.2 Å². The number of fused-ring (bicyclic) bond motifs is 1. The van der Waals surface area contributed by atoms with Gasteiger partial charge < -0.3 is 14.7 Å². The van der Waals surface area contributed by atoms with Gasteiger partial charge in [-0.3, -0.25) is 0 Å². The molecule has 1 unspecified atom stereocenters. The highest BCUT2D eigenvalue weighted by Crippen LogP contribution is 2.35. The third kappa shape index (κ3) is 3.71. The Morgan fingerprint density at radius 1 is 1.19 bits per heavy atom. The lowest BCUT2D eigenvalue weighted by molar-refractivity contribution is 0.188. The first-order valence-corrected chi connectivity index (χ1v) is 9.80. The number of hydrogen-bond donors (Lipinski definition) is 1. The van der Waals surface area contributed by atoms with Crippen molar-refractivity contribution in [1.29, 1.82) is 0 Å². The van der Waals surface area contributed by atoms with Crippen LogP contribution in [0.3, 0.4) is 0 Å². The molecular weight excluding hydrogens is 394 g/mol. The number of halogens is 1. The highest BCUT2D eigenvalue weighted by atomic mass is 79.9. The monoisotopic (exact) mass is 419 g/mol. The molecule has 1 aliphatic rings. The van der Waals surface area contributed by atoms with Crippen molar-refractivity contribution < 1.29 is 9.84 Å². The van der Waals surface area contributed by atoms with Gasteiger partial charge in [0.1, 0.15) is 24.3 Å². The quantitative estimate of drug-likeness (QED) is 0.796. The van der Waals surface area contributed by atoms with E-state index in [4.69, 9.17) is 9.72 Å². The average Bonchev–Trinajstić information content (AvgIpc) is 2.76. The van der Waals surface area contributed by atoms with Crippen LogP contribution in [-0.4, -0.2) is 28.2 Å². The Balaban J connectivity index is 2.10. The second-order valence-electron chi connectivity index (χ2n) is 7.22. The minimum atomic E-state index is -0.694. The van der Waals surface area contributed by atoms with E-state index in [0.717, 1.165) is 45.0 Å². The van der Waals surface area contributed by atoms with Gasteiger partial charge in [0.05, 0.1) is 6.54 Å². The minimum Gasteiger partial charge on any atom is -0.491 e. The van der Waals surface area contributed by atoms with Crippen molar-refractivity contribution in [2.75, 3.05) is 18.1 Å². The fourth-order valence-electron chi connectivity index (χ4n) is 3.54. The molecule has 0 radical (unpaired) electrons. The number of aromatic nitrogens is 2. The highest BCUT2D eigenvalue weighted by Gasteiger charge is 2.24. The van der Waals surface area contributed by atoms with E-state index in [2.05, 4.69) is 58.7 Å². The summed E-state index contributed by atoms with van der Waals surface area (Å²) in [6.45, 7) is 12.1. The van der Waals surface area contributed by atoms with Crippen molar-refractivity contribution in [1.82, 2.24) is 9.97 Å². The fourth-order valence-corrected chi connectivity index (χ4v) is 4.16. The zero-order valence-electron chi connectivity index (χ0n) is 16.0. The lowest BCUT2D eigenvalue weighted by Gasteiger charge is -2.27. The summed E-state index contributed by atoms with van der Waals surface area (Å²) >= 11 is 3.59. The number of hydrogen-bond acceptors (Lipinski definition) is 5. The predicted octanol–water partition coefficient (Wildman–Crippen LogP) is 4.43. The standard InChI is InChI=1S/C20H26BrN3O2/c1-11(2)17-13(4)22-19(14(5)25)23-20(17)24-6-7-26-18-12(3)8-16(21)9-15(18)10-24/h8-9,11,14,25H,6-7,10H2,1-5H3. The van der Waals surface area contributed by atoms with Crippen LogP contribution in [0.1, 0.15) is 61.0 Å². The first-order valence-electron chi connectivity index (χ1n) is 9.01. The van der Waals surface area contributed by atoms with Crippen molar-refractivity contribution in [3.05, 3.63) is 44.8 Å². The molecule has 5 nitrogen and oxygen atoms in total. The second kappa shape index (κ2) is 7.53. The Labute approximate surface area is 163 Å². The number of benzene rings is 1. The maximum atomic E-state index is 10.0. The molecule has 0 saturated carbocycles. The predicted molar refractivity (Wildman–Crippen MR) is 107 cm³/mol. The van der Waals surface area contributed by atoms with E-state index in [0.29, 0.717) is 24.9 Å². The minimum absolute atomic E-state index is 0.293. The molecule has 1 aliphatic heterocycles. The Morgan fingerprint density at radius 3 is 2.58 bits per heavy atom. The van der Waals surface area contributed by atoms with Gasteiger partial charge in [0.2, 0.25) is 0 Å². The van der Waals surface area contributed by atoms with Gasteiger partial charge in [-0.2, -0.15) is 0 Å². The molecule has 1 aromatic heterocycles. The highest BCUT2D eigenvalue weighted by molar-refractivity contribution is 9.10. The van der Waals surface area contributed by atoms with Gasteiger partial charge >= 0.3 is 0 Å². The molecule has 0 bridgehead atoms. The fraction of sp³-hybridized carbons (Fsp3) is 0.500. The molecule has 0 amide bonds. The summed E-state index contributed by atoms with van der Waals surface area (Å²) in [5.41, 5.74) is 4.32. The molecule has 140 valence electrons. The van der Waals surface area contributed by atoms with Crippen LogP contribution in [0.25, 0.3) is 0 Å². The van der Waals surface area contributed by atoms with Crippen molar-refractivity contribution in [3.8, 4) is 5.75 Å². The summed E-state index contributed by atoms with van der Waals surface area (Å²) in [5.74, 6) is 2.62. The van der Waals surface area contributed by atoms with Crippen LogP contribution in [0.15, 0.2) is 16.6 Å². The van der Waals surface area contributed by atoms with Gasteiger partial charge in [0.15, 0.2) is 5.82 Å². The number of nitrogens with zero attached hydrogens (tertiary/aromatic N) is 3. The first kappa shape index (κ1) is 19.1. The van der Waals surface area contributed by atoms with Crippen LogP contribution in [0.4, 0.5) is 5.82 Å². The number of anilines is 1. The largest absolute Gasteiger partial charge is 0.491 e. The van der Waals surface area contributed by atoms with Crippen LogP contribution >= 0.6 is 15.9 Å². The van der Waals surface area contributed by atoms with Crippen LogP contribution in [0, 0.1) is 13.8 Å². The molecule has 26 heavy (non-hydrogen) atoms. The van der Waals surface area contributed by atoms with Gasteiger partial charge in [-0.15, -0.1) is 0 Å². The lowest BCUT2D eigenvalue weighted by atomic mass is 10.0. The summed E-state index contributed by atoms with van der Waals surface area (Å²) in [6, 6.07) is 4.19. The van der Waals surface area contributed by atoms with Crippen molar-refractivity contribution >= 4 is 21.7 Å². The molecule has 6 heteroatoms. The van der Waals surface area contributed by atoms with Gasteiger partial charge in [0.25, 0.3) is 0 Å². The summed E-state index contributed by atoms with van der Waals surface area (Å²) in [5, 5.41) is 10.0. The second-order valence-corrected chi connectivity index (χ2v) is 8.13. The lowest BCUT2D eigenvalue weighted by Crippen LogP contribution is -2.29. The van der Waals surface area contributed by atoms with E-state index in [1.54, 1.807) is 6.92 Å². The number of aliphatic hydroxyl groups excluding tert-OH is 1. The van der Waals surface area contributed by atoms with E-state index in [1.165, 1.54) is 0 Å². The van der Waals surface area contributed by atoms with Crippen molar-refractivity contribution in [3.63, 3.8) is 0 Å². The number of aryl methyl sites for hydroxylation is 2. The summed E-state index contributed by atoms with van der Waals surface area (Å²) < 4.78 is 7.09. The van der Waals surface area contributed by atoms with Crippen LogP contribution in [0.5, 0.6) is 5.75 Å². The maximum Gasteiger partial charge on any atom is 0.159 e. The summed E-state index contributed by atoms with van der Waals surface area (Å²) in [6.07, 6.45) is -0.694. The summed E-state index contributed by atoms with van der Waals surface area (Å²) in [4.78, 5) is 11.5. The molecule has 2 aromatic rings. The van der Waals surface area contributed by atoms with E-state index >= 15 is 0 Å². The van der Waals surface area contributed by atoms with Crippen LogP contribution in [-0.2, 0) is 6.54 Å². The molecule has 0 spiro atoms. The molecule has 1 aromatic carbocycles. The summed E-state index contributed by atoms with van der Waals surface area (Å²) in [7, 11) is 0. The topological polar surface area (TPSA) is 58.5 Å². The van der Waals surface area contributed by atoms with Gasteiger partial charge in [0, 0.05) is 27.8 Å². The number of ether oxygens (including phenoxy) is 1. The van der Waals surface area contributed by atoms with Gasteiger partial charge in [-0.25, -0.2) is 9.97 Å². The maximum absolute atomic E-state index is 10.0. The smallest absolute Gasteiger partial charge is 0.159 e. The molecular formula is C20H26BrN3O2. The molecule has 0 saturated heterocycles. The molecule has 3 rings (SSSR count). The zero-order chi connectivity index (χ0) is 19.0. The Morgan fingerprint density at radius 2 is 1.92 bits per heavy atom. The Hall–Kier alpha value is -1.66. The van der Waals surface area contributed by atoms with E-state index in [9.17, 15) is 5.11 Å².